The van der Waals surface area contributed by atoms with E-state index in [4.69, 9.17) is 11.6 Å². The molecule has 0 saturated carbocycles. The Balaban J connectivity index is 1.48. The van der Waals surface area contributed by atoms with E-state index >= 15 is 0 Å². The molecule has 1 N–H and O–H groups in total. The van der Waals surface area contributed by atoms with Crippen LogP contribution in [0.2, 0.25) is 5.02 Å². The number of ketones is 2. The molecule has 1 aliphatic heterocycles. The molecular weight excluding hydrogens is 478 g/mol. The highest BCUT2D eigenvalue weighted by molar-refractivity contribution is 6.31. The summed E-state index contributed by atoms with van der Waals surface area (Å²) in [7, 11) is 0. The number of benzene rings is 2. The summed E-state index contributed by atoms with van der Waals surface area (Å²) < 4.78 is 0. The van der Waals surface area contributed by atoms with Crippen molar-refractivity contribution in [2.24, 2.45) is 17.8 Å². The summed E-state index contributed by atoms with van der Waals surface area (Å²) in [5.74, 6) is -2.93. The summed E-state index contributed by atoms with van der Waals surface area (Å²) in [6.45, 7) is 1.63. The van der Waals surface area contributed by atoms with Crippen molar-refractivity contribution >= 4 is 40.7 Å². The SMILES string of the molecule is CC1=CC(=O)C2=C(CC3C(=CCC4C(=O)N(c5ccc(Cl)cc5)C(=O)C43)C2c2ccc(O)cc2)C1=O. The number of imide groups is 1. The molecule has 7 heteroatoms. The molecule has 2 amide bonds. The molecule has 4 aliphatic rings. The maximum Gasteiger partial charge on any atom is 0.238 e. The number of aromatic hydroxyl groups is 1. The molecule has 0 radical (unpaired) electrons. The molecule has 180 valence electrons. The van der Waals surface area contributed by atoms with Crippen molar-refractivity contribution in [3.05, 3.63) is 93.6 Å². The van der Waals surface area contributed by atoms with E-state index < -0.39 is 23.7 Å². The van der Waals surface area contributed by atoms with E-state index in [1.54, 1.807) is 55.5 Å². The molecule has 0 aromatic heterocycles. The molecule has 1 heterocycles. The van der Waals surface area contributed by atoms with Crippen LogP contribution in [0.1, 0.15) is 31.2 Å². The van der Waals surface area contributed by atoms with Crippen LogP contribution in [0.5, 0.6) is 5.75 Å². The van der Waals surface area contributed by atoms with Gasteiger partial charge in [0.25, 0.3) is 0 Å². The Morgan fingerprint density at radius 3 is 2.31 bits per heavy atom. The number of nitrogens with zero attached hydrogens (tertiary/aromatic N) is 1. The minimum Gasteiger partial charge on any atom is -0.508 e. The van der Waals surface area contributed by atoms with E-state index in [2.05, 4.69) is 0 Å². The van der Waals surface area contributed by atoms with Gasteiger partial charge in [-0.1, -0.05) is 35.4 Å². The molecule has 6 rings (SSSR count). The lowest BCUT2D eigenvalue weighted by Crippen LogP contribution is -2.39. The molecule has 4 atom stereocenters. The second-order valence-electron chi connectivity index (χ2n) is 9.81. The van der Waals surface area contributed by atoms with Gasteiger partial charge in [-0.25, -0.2) is 0 Å². The van der Waals surface area contributed by atoms with Crippen LogP contribution in [-0.2, 0) is 19.2 Å². The molecular formula is C29H22ClNO5. The molecule has 36 heavy (non-hydrogen) atoms. The Bertz CT molecular complexity index is 1450. The van der Waals surface area contributed by atoms with Crippen LogP contribution in [0.25, 0.3) is 0 Å². The lowest BCUT2D eigenvalue weighted by atomic mass is 9.59. The van der Waals surface area contributed by atoms with Crippen molar-refractivity contribution in [3.63, 3.8) is 0 Å². The summed E-state index contributed by atoms with van der Waals surface area (Å²) in [5, 5.41) is 10.3. The summed E-state index contributed by atoms with van der Waals surface area (Å²) in [6.07, 6.45) is 3.97. The quantitative estimate of drug-likeness (QED) is 0.368. The number of halogens is 1. The van der Waals surface area contributed by atoms with Crippen LogP contribution in [0, 0.1) is 17.8 Å². The minimum absolute atomic E-state index is 0.0926. The summed E-state index contributed by atoms with van der Waals surface area (Å²) in [6, 6.07) is 13.2. The van der Waals surface area contributed by atoms with Crippen LogP contribution in [0.15, 0.2) is 83.0 Å². The van der Waals surface area contributed by atoms with Gasteiger partial charge in [-0.2, -0.15) is 0 Å². The average molecular weight is 500 g/mol. The number of fused-ring (bicyclic) bond motifs is 3. The summed E-state index contributed by atoms with van der Waals surface area (Å²) in [5.41, 5.74) is 3.34. The molecule has 6 nitrogen and oxygen atoms in total. The van der Waals surface area contributed by atoms with Gasteiger partial charge in [-0.3, -0.25) is 24.1 Å². The Labute approximate surface area is 212 Å². The number of phenolic OH excluding ortho intramolecular Hbond substituents is 1. The average Bonchev–Trinajstić information content (AvgIpc) is 3.12. The molecule has 0 bridgehead atoms. The predicted octanol–water partition coefficient (Wildman–Crippen LogP) is 4.68. The highest BCUT2D eigenvalue weighted by Crippen LogP contribution is 2.55. The van der Waals surface area contributed by atoms with Gasteiger partial charge in [0.2, 0.25) is 11.8 Å². The van der Waals surface area contributed by atoms with Crippen molar-refractivity contribution in [1.29, 1.82) is 0 Å². The Kier molecular flexibility index (Phi) is 5.12. The number of carbonyl (C=O) groups excluding carboxylic acids is 4. The minimum atomic E-state index is -0.629. The number of hydrogen-bond acceptors (Lipinski definition) is 5. The lowest BCUT2D eigenvalue weighted by molar-refractivity contribution is -0.123. The molecule has 4 unspecified atom stereocenters. The van der Waals surface area contributed by atoms with Gasteiger partial charge in [0.05, 0.1) is 17.5 Å². The van der Waals surface area contributed by atoms with Gasteiger partial charge in [0.1, 0.15) is 5.75 Å². The zero-order valence-corrected chi connectivity index (χ0v) is 20.2. The fraction of sp³-hybridized carbons (Fsp3) is 0.241. The molecule has 2 aromatic rings. The number of amides is 2. The van der Waals surface area contributed by atoms with Gasteiger partial charge in [0, 0.05) is 27.7 Å². The third kappa shape index (κ3) is 3.24. The van der Waals surface area contributed by atoms with Crippen LogP contribution < -0.4 is 4.90 Å². The number of phenols is 1. The van der Waals surface area contributed by atoms with Crippen LogP contribution >= 0.6 is 11.6 Å². The Morgan fingerprint density at radius 1 is 0.917 bits per heavy atom. The van der Waals surface area contributed by atoms with E-state index in [0.717, 1.165) is 11.1 Å². The third-order valence-corrected chi connectivity index (χ3v) is 8.13. The second-order valence-corrected chi connectivity index (χ2v) is 10.2. The highest BCUT2D eigenvalue weighted by atomic mass is 35.5. The smallest absolute Gasteiger partial charge is 0.238 e. The van der Waals surface area contributed by atoms with E-state index in [1.807, 2.05) is 6.08 Å². The van der Waals surface area contributed by atoms with E-state index in [1.165, 1.54) is 11.0 Å². The zero-order valence-electron chi connectivity index (χ0n) is 19.4. The Morgan fingerprint density at radius 2 is 1.61 bits per heavy atom. The highest BCUT2D eigenvalue weighted by Gasteiger charge is 2.56. The van der Waals surface area contributed by atoms with Crippen LogP contribution in [-0.4, -0.2) is 28.5 Å². The maximum absolute atomic E-state index is 13.8. The summed E-state index contributed by atoms with van der Waals surface area (Å²) in [4.78, 5) is 54.9. The van der Waals surface area contributed by atoms with Crippen molar-refractivity contribution < 1.29 is 24.3 Å². The number of carbonyl (C=O) groups is 4. The normalized spacial score (nSPS) is 27.4. The van der Waals surface area contributed by atoms with Crippen LogP contribution in [0.4, 0.5) is 5.69 Å². The zero-order chi connectivity index (χ0) is 25.3. The predicted molar refractivity (Wildman–Crippen MR) is 133 cm³/mol. The number of rotatable bonds is 2. The first-order chi connectivity index (χ1) is 17.3. The van der Waals surface area contributed by atoms with Crippen molar-refractivity contribution in [2.45, 2.75) is 25.7 Å². The topological polar surface area (TPSA) is 91.8 Å². The van der Waals surface area contributed by atoms with Gasteiger partial charge in [-0.15, -0.1) is 0 Å². The monoisotopic (exact) mass is 499 g/mol. The Hall–Kier alpha value is -3.77. The van der Waals surface area contributed by atoms with Crippen molar-refractivity contribution in [2.75, 3.05) is 4.90 Å². The molecule has 0 spiro atoms. The number of allylic oxidation sites excluding steroid dienone is 6. The van der Waals surface area contributed by atoms with Crippen LogP contribution in [0.3, 0.4) is 0 Å². The molecule has 1 saturated heterocycles. The summed E-state index contributed by atoms with van der Waals surface area (Å²) >= 11 is 6.01. The van der Waals surface area contributed by atoms with E-state index in [-0.39, 0.29) is 35.6 Å². The fourth-order valence-electron chi connectivity index (χ4n) is 6.27. The maximum atomic E-state index is 13.8. The lowest BCUT2D eigenvalue weighted by Gasteiger charge is -2.42. The van der Waals surface area contributed by atoms with E-state index in [0.29, 0.717) is 33.9 Å². The molecule has 3 aliphatic carbocycles. The van der Waals surface area contributed by atoms with Gasteiger partial charge >= 0.3 is 0 Å². The molecule has 2 aromatic carbocycles. The number of anilines is 1. The second kappa shape index (κ2) is 8.14. The first kappa shape index (κ1) is 22.7. The fourth-order valence-corrected chi connectivity index (χ4v) is 6.40. The largest absolute Gasteiger partial charge is 0.508 e. The number of hydrogen-bond donors (Lipinski definition) is 1. The first-order valence-corrected chi connectivity index (χ1v) is 12.3. The van der Waals surface area contributed by atoms with Crippen molar-refractivity contribution in [1.82, 2.24) is 0 Å². The standard InChI is InChI=1S/C29H22ClNO5/c1-14-12-23(33)26-22(27(14)34)13-21-19(24(26)15-2-8-18(32)9-3-15)10-11-20-25(21)29(36)31(28(20)35)17-6-4-16(30)5-7-17/h2-10,12,20-21,24-25,32H,11,13H2,1H3. The molecule has 1 fully saturated rings. The van der Waals surface area contributed by atoms with Crippen molar-refractivity contribution in [3.8, 4) is 5.75 Å². The first-order valence-electron chi connectivity index (χ1n) is 11.9. The van der Waals surface area contributed by atoms with Gasteiger partial charge < -0.3 is 5.11 Å². The van der Waals surface area contributed by atoms with E-state index in [9.17, 15) is 24.3 Å². The number of Topliss-reactive ketones (excluding diaryl/α,β-unsaturated/α-hetero) is 1. The van der Waals surface area contributed by atoms with Gasteiger partial charge in [0.15, 0.2) is 11.6 Å². The third-order valence-electron chi connectivity index (χ3n) is 7.87. The van der Waals surface area contributed by atoms with Gasteiger partial charge in [-0.05, 0) is 73.7 Å².